The van der Waals surface area contributed by atoms with Crippen LogP contribution in [0.15, 0.2) is 21.4 Å². The van der Waals surface area contributed by atoms with Crippen molar-refractivity contribution in [3.05, 3.63) is 32.0 Å². The Morgan fingerprint density at radius 1 is 1.39 bits per heavy atom. The molecule has 0 atom stereocenters. The SMILES string of the molecule is CN(C)CCOc1nc2cc(Br)c(Cl)cc2n(C2CCN(C(=O)O)CC2)c1=O. The predicted molar refractivity (Wildman–Crippen MR) is 111 cm³/mol. The van der Waals surface area contributed by atoms with Crippen LogP contribution in [0.2, 0.25) is 5.02 Å². The highest BCUT2D eigenvalue weighted by atomic mass is 79.9. The first-order valence-electron chi connectivity index (χ1n) is 8.94. The third-order valence-electron chi connectivity index (χ3n) is 4.78. The Morgan fingerprint density at radius 3 is 2.68 bits per heavy atom. The molecule has 0 spiro atoms. The first kappa shape index (κ1) is 20.9. The molecule has 0 bridgehead atoms. The normalized spacial score (nSPS) is 15.4. The summed E-state index contributed by atoms with van der Waals surface area (Å²) in [5, 5.41) is 9.65. The number of aromatic nitrogens is 2. The lowest BCUT2D eigenvalue weighted by atomic mass is 10.0. The van der Waals surface area contributed by atoms with Gasteiger partial charge < -0.3 is 19.6 Å². The number of halogens is 2. The minimum Gasteiger partial charge on any atom is -0.472 e. The number of ether oxygens (including phenoxy) is 1. The van der Waals surface area contributed by atoms with Gasteiger partial charge in [-0.2, -0.15) is 0 Å². The fraction of sp³-hybridized carbons (Fsp3) is 0.500. The van der Waals surface area contributed by atoms with Gasteiger partial charge in [0.1, 0.15) is 6.61 Å². The predicted octanol–water partition coefficient (Wildman–Crippen LogP) is 3.07. The maximum Gasteiger partial charge on any atom is 0.407 e. The smallest absolute Gasteiger partial charge is 0.407 e. The molecule has 152 valence electrons. The van der Waals surface area contributed by atoms with E-state index in [1.165, 1.54) is 4.90 Å². The number of carboxylic acid groups (broad SMARTS) is 1. The summed E-state index contributed by atoms with van der Waals surface area (Å²) in [6.45, 7) is 1.74. The number of likely N-dealkylation sites (N-methyl/N-ethyl adjacent to an activating group) is 1. The molecular formula is C18H22BrClN4O4. The van der Waals surface area contributed by atoms with E-state index in [0.717, 1.165) is 0 Å². The maximum atomic E-state index is 13.1. The maximum absolute atomic E-state index is 13.1. The molecule has 1 aliphatic rings. The van der Waals surface area contributed by atoms with Crippen molar-refractivity contribution in [2.75, 3.05) is 40.3 Å². The van der Waals surface area contributed by atoms with Gasteiger partial charge in [-0.1, -0.05) is 11.6 Å². The molecule has 1 N–H and O–H groups in total. The number of benzene rings is 1. The van der Waals surface area contributed by atoms with Gasteiger partial charge >= 0.3 is 11.7 Å². The van der Waals surface area contributed by atoms with Crippen molar-refractivity contribution in [3.8, 4) is 5.88 Å². The van der Waals surface area contributed by atoms with Crippen LogP contribution >= 0.6 is 27.5 Å². The number of piperidine rings is 1. The molecule has 0 saturated carbocycles. The van der Waals surface area contributed by atoms with Crippen molar-refractivity contribution >= 4 is 44.7 Å². The average molecular weight is 474 g/mol. The Labute approximate surface area is 175 Å². The van der Waals surface area contributed by atoms with Crippen LogP contribution in [-0.4, -0.2) is 70.9 Å². The molecule has 1 saturated heterocycles. The Balaban J connectivity index is 2.03. The van der Waals surface area contributed by atoms with Crippen molar-refractivity contribution in [2.45, 2.75) is 18.9 Å². The molecule has 2 heterocycles. The molecule has 0 unspecified atom stereocenters. The van der Waals surface area contributed by atoms with Gasteiger partial charge in [0, 0.05) is 30.1 Å². The van der Waals surface area contributed by atoms with Crippen LogP contribution in [0.4, 0.5) is 4.79 Å². The summed E-state index contributed by atoms with van der Waals surface area (Å²) in [7, 11) is 3.84. The molecule has 8 nitrogen and oxygen atoms in total. The van der Waals surface area contributed by atoms with E-state index in [1.54, 1.807) is 16.7 Å². The summed E-state index contributed by atoms with van der Waals surface area (Å²) in [4.78, 5) is 32.1. The lowest BCUT2D eigenvalue weighted by Crippen LogP contribution is -2.40. The summed E-state index contributed by atoms with van der Waals surface area (Å²) in [6.07, 6.45) is 0.136. The number of rotatable bonds is 5. The molecule has 1 fully saturated rings. The van der Waals surface area contributed by atoms with Crippen LogP contribution in [0.1, 0.15) is 18.9 Å². The third kappa shape index (κ3) is 4.42. The van der Waals surface area contributed by atoms with E-state index in [4.69, 9.17) is 16.3 Å². The molecule has 3 rings (SSSR count). The summed E-state index contributed by atoms with van der Waals surface area (Å²) in [5.74, 6) is 0.0456. The van der Waals surface area contributed by atoms with Gasteiger partial charge in [0.15, 0.2) is 0 Å². The van der Waals surface area contributed by atoms with Crippen LogP contribution in [0, 0.1) is 0 Å². The van der Waals surface area contributed by atoms with Crippen molar-refractivity contribution in [1.29, 1.82) is 0 Å². The van der Waals surface area contributed by atoms with E-state index >= 15 is 0 Å². The topological polar surface area (TPSA) is 87.9 Å². The second-order valence-corrected chi connectivity index (χ2v) is 8.26. The van der Waals surface area contributed by atoms with E-state index in [-0.39, 0.29) is 17.5 Å². The second kappa shape index (κ2) is 8.67. The van der Waals surface area contributed by atoms with Gasteiger partial charge in [-0.05, 0) is 55.0 Å². The monoisotopic (exact) mass is 472 g/mol. The van der Waals surface area contributed by atoms with Crippen molar-refractivity contribution < 1.29 is 14.6 Å². The number of nitrogens with zero attached hydrogens (tertiary/aromatic N) is 4. The molecule has 0 aliphatic carbocycles. The van der Waals surface area contributed by atoms with Crippen molar-refractivity contribution in [3.63, 3.8) is 0 Å². The molecule has 10 heteroatoms. The van der Waals surface area contributed by atoms with Gasteiger partial charge in [-0.25, -0.2) is 9.78 Å². The van der Waals surface area contributed by atoms with Crippen molar-refractivity contribution in [1.82, 2.24) is 19.4 Å². The quantitative estimate of drug-likeness (QED) is 0.718. The number of hydrogen-bond donors (Lipinski definition) is 1. The highest BCUT2D eigenvalue weighted by molar-refractivity contribution is 9.10. The molecule has 1 aromatic heterocycles. The summed E-state index contributed by atoms with van der Waals surface area (Å²) < 4.78 is 8.02. The Hall–Kier alpha value is -1.84. The Kier molecular flexibility index (Phi) is 6.47. The minimum atomic E-state index is -0.940. The molecule has 1 amide bonds. The summed E-state index contributed by atoms with van der Waals surface area (Å²) in [5.41, 5.74) is 0.891. The number of amides is 1. The fourth-order valence-corrected chi connectivity index (χ4v) is 3.76. The first-order chi connectivity index (χ1) is 13.3. The van der Waals surface area contributed by atoms with Gasteiger partial charge in [0.2, 0.25) is 0 Å². The van der Waals surface area contributed by atoms with Crippen LogP contribution in [-0.2, 0) is 0 Å². The average Bonchev–Trinajstić information content (AvgIpc) is 2.64. The summed E-state index contributed by atoms with van der Waals surface area (Å²) in [6, 6.07) is 3.32. The zero-order valence-electron chi connectivity index (χ0n) is 15.7. The van der Waals surface area contributed by atoms with E-state index < -0.39 is 6.09 Å². The molecule has 1 aliphatic heterocycles. The summed E-state index contributed by atoms with van der Waals surface area (Å²) >= 11 is 9.66. The second-order valence-electron chi connectivity index (χ2n) is 7.00. The molecule has 0 radical (unpaired) electrons. The zero-order chi connectivity index (χ0) is 20.4. The number of hydrogen-bond acceptors (Lipinski definition) is 5. The Bertz CT molecular complexity index is 941. The largest absolute Gasteiger partial charge is 0.472 e. The highest BCUT2D eigenvalue weighted by Gasteiger charge is 2.27. The standard InChI is InChI=1S/C18H22BrClN4O4/c1-22(2)7-8-28-16-17(25)24(11-3-5-23(6-4-11)18(26)27)15-10-13(20)12(19)9-14(15)21-16/h9-11H,3-8H2,1-2H3,(H,26,27). The van der Waals surface area contributed by atoms with E-state index in [0.29, 0.717) is 59.6 Å². The van der Waals surface area contributed by atoms with Gasteiger partial charge in [0.25, 0.3) is 5.88 Å². The lowest BCUT2D eigenvalue weighted by Gasteiger charge is -2.31. The first-order valence-corrected chi connectivity index (χ1v) is 10.1. The van der Waals surface area contributed by atoms with E-state index in [9.17, 15) is 14.7 Å². The third-order valence-corrected chi connectivity index (χ3v) is 5.98. The fourth-order valence-electron chi connectivity index (χ4n) is 3.27. The number of carbonyl (C=O) groups is 1. The van der Waals surface area contributed by atoms with Crippen LogP contribution in [0.5, 0.6) is 5.88 Å². The van der Waals surface area contributed by atoms with Crippen LogP contribution in [0.25, 0.3) is 11.0 Å². The van der Waals surface area contributed by atoms with Gasteiger partial charge in [0.05, 0.1) is 16.1 Å². The Morgan fingerprint density at radius 2 is 2.07 bits per heavy atom. The minimum absolute atomic E-state index is 0.0456. The van der Waals surface area contributed by atoms with E-state index in [1.807, 2.05) is 19.0 Å². The molecule has 2 aromatic rings. The van der Waals surface area contributed by atoms with Crippen LogP contribution in [0.3, 0.4) is 0 Å². The molecular weight excluding hydrogens is 452 g/mol. The molecule has 28 heavy (non-hydrogen) atoms. The number of fused-ring (bicyclic) bond motifs is 1. The highest BCUT2D eigenvalue weighted by Crippen LogP contribution is 2.31. The van der Waals surface area contributed by atoms with Gasteiger partial charge in [-0.3, -0.25) is 9.36 Å². The van der Waals surface area contributed by atoms with Gasteiger partial charge in [-0.15, -0.1) is 0 Å². The lowest BCUT2D eigenvalue weighted by molar-refractivity contribution is 0.125. The zero-order valence-corrected chi connectivity index (χ0v) is 18.0. The van der Waals surface area contributed by atoms with Crippen molar-refractivity contribution in [2.24, 2.45) is 0 Å². The van der Waals surface area contributed by atoms with E-state index in [2.05, 4.69) is 20.9 Å². The molecule has 1 aromatic carbocycles. The van der Waals surface area contributed by atoms with Crippen LogP contribution < -0.4 is 10.3 Å². The number of likely N-dealkylation sites (tertiary alicyclic amines) is 1.